The van der Waals surface area contributed by atoms with Crippen molar-refractivity contribution in [1.82, 2.24) is 5.32 Å². The van der Waals surface area contributed by atoms with Gasteiger partial charge >= 0.3 is 5.63 Å². The van der Waals surface area contributed by atoms with Gasteiger partial charge in [0, 0.05) is 29.0 Å². The van der Waals surface area contributed by atoms with E-state index in [1.54, 1.807) is 20.3 Å². The first-order valence-corrected chi connectivity index (χ1v) is 9.88. The zero-order valence-electron chi connectivity index (χ0n) is 18.0. The highest BCUT2D eigenvalue weighted by atomic mass is 16.5. The summed E-state index contributed by atoms with van der Waals surface area (Å²) in [6.07, 6.45) is 0.491. The number of aryl methyl sites for hydroxylation is 2. The van der Waals surface area contributed by atoms with E-state index >= 15 is 0 Å². The van der Waals surface area contributed by atoms with Crippen LogP contribution < -0.4 is 20.4 Å². The molecule has 0 fully saturated rings. The van der Waals surface area contributed by atoms with Crippen LogP contribution in [0.15, 0.2) is 45.6 Å². The highest BCUT2D eigenvalue weighted by Gasteiger charge is 2.17. The highest BCUT2D eigenvalue weighted by molar-refractivity contribution is 5.83. The van der Waals surface area contributed by atoms with Crippen molar-refractivity contribution in [3.63, 3.8) is 0 Å². The number of carbonyl (C=O) groups excluding carboxylic acids is 1. The number of amides is 1. The maximum atomic E-state index is 12.6. The second kappa shape index (κ2) is 9.03. The smallest absolute Gasteiger partial charge is 0.339 e. The molecule has 0 saturated carbocycles. The van der Waals surface area contributed by atoms with Gasteiger partial charge in [0.15, 0.2) is 0 Å². The molecule has 6 heteroatoms. The lowest BCUT2D eigenvalue weighted by Crippen LogP contribution is -2.27. The molecular formula is C24H27NO5. The van der Waals surface area contributed by atoms with E-state index in [0.717, 1.165) is 27.8 Å². The number of methoxy groups -OCH3 is 2. The van der Waals surface area contributed by atoms with Gasteiger partial charge in [-0.15, -0.1) is 0 Å². The van der Waals surface area contributed by atoms with Crippen LogP contribution >= 0.6 is 0 Å². The van der Waals surface area contributed by atoms with Gasteiger partial charge < -0.3 is 19.2 Å². The molecule has 1 heterocycles. The fraction of sp³-hybridized carbons (Fsp3) is 0.333. The van der Waals surface area contributed by atoms with Crippen LogP contribution in [-0.2, 0) is 11.2 Å². The normalized spacial score (nSPS) is 11.9. The Morgan fingerprint density at radius 1 is 1.10 bits per heavy atom. The Kier molecular flexibility index (Phi) is 6.45. The van der Waals surface area contributed by atoms with E-state index in [4.69, 9.17) is 13.9 Å². The number of rotatable bonds is 7. The van der Waals surface area contributed by atoms with Crippen LogP contribution in [0.2, 0.25) is 0 Å². The number of ether oxygens (including phenoxy) is 2. The predicted molar refractivity (Wildman–Crippen MR) is 116 cm³/mol. The van der Waals surface area contributed by atoms with E-state index in [-0.39, 0.29) is 18.4 Å². The first kappa shape index (κ1) is 21.4. The largest absolute Gasteiger partial charge is 0.497 e. The van der Waals surface area contributed by atoms with Gasteiger partial charge in [0.1, 0.15) is 17.1 Å². The van der Waals surface area contributed by atoms with Gasteiger partial charge in [0.05, 0.1) is 20.3 Å². The Morgan fingerprint density at radius 3 is 2.57 bits per heavy atom. The van der Waals surface area contributed by atoms with Gasteiger partial charge in [-0.1, -0.05) is 17.7 Å². The van der Waals surface area contributed by atoms with Gasteiger partial charge in [-0.3, -0.25) is 4.79 Å². The third-order valence-electron chi connectivity index (χ3n) is 5.33. The highest BCUT2D eigenvalue weighted by Crippen LogP contribution is 2.27. The molecule has 6 nitrogen and oxygen atoms in total. The minimum absolute atomic E-state index is 0.139. The molecule has 3 rings (SSSR count). The average Bonchev–Trinajstić information content (AvgIpc) is 2.72. The number of fused-ring (bicyclic) bond motifs is 1. The van der Waals surface area contributed by atoms with Gasteiger partial charge in [0.25, 0.3) is 0 Å². The lowest BCUT2D eigenvalue weighted by molar-refractivity contribution is -0.121. The van der Waals surface area contributed by atoms with Crippen molar-refractivity contribution in [2.24, 2.45) is 0 Å². The van der Waals surface area contributed by atoms with Crippen molar-refractivity contribution >= 4 is 16.9 Å². The van der Waals surface area contributed by atoms with Gasteiger partial charge in [0.2, 0.25) is 5.91 Å². The van der Waals surface area contributed by atoms with Crippen LogP contribution in [0.1, 0.15) is 41.6 Å². The fourth-order valence-electron chi connectivity index (χ4n) is 3.61. The van der Waals surface area contributed by atoms with Crippen molar-refractivity contribution in [1.29, 1.82) is 0 Å². The van der Waals surface area contributed by atoms with E-state index in [0.29, 0.717) is 23.3 Å². The van der Waals surface area contributed by atoms with Gasteiger partial charge in [-0.05, 0) is 51.0 Å². The van der Waals surface area contributed by atoms with Crippen molar-refractivity contribution in [3.8, 4) is 11.5 Å². The summed E-state index contributed by atoms with van der Waals surface area (Å²) in [5.41, 5.74) is 3.41. The third kappa shape index (κ3) is 4.48. The monoisotopic (exact) mass is 409 g/mol. The molecule has 0 radical (unpaired) electrons. The van der Waals surface area contributed by atoms with E-state index in [9.17, 15) is 9.59 Å². The molecule has 1 atom stereocenters. The molecule has 2 aromatic carbocycles. The molecule has 0 aliphatic rings. The zero-order chi connectivity index (χ0) is 21.8. The summed E-state index contributed by atoms with van der Waals surface area (Å²) in [5.74, 6) is 1.22. The van der Waals surface area contributed by atoms with E-state index in [1.807, 2.05) is 51.1 Å². The standard InChI is InChI=1S/C24H27NO5/c1-14-6-10-21(29-5)20(12-14)16(3)25-23(26)11-9-19-15(2)18-8-7-17(28-4)13-22(18)30-24(19)27/h6-8,10,12-13,16H,9,11H2,1-5H3,(H,25,26). The average molecular weight is 409 g/mol. The summed E-state index contributed by atoms with van der Waals surface area (Å²) in [5, 5.41) is 3.83. The van der Waals surface area contributed by atoms with Crippen molar-refractivity contribution in [3.05, 3.63) is 69.1 Å². The molecule has 158 valence electrons. The van der Waals surface area contributed by atoms with Crippen molar-refractivity contribution in [2.45, 2.75) is 39.7 Å². The summed E-state index contributed by atoms with van der Waals surface area (Å²) in [6.45, 7) is 5.78. The first-order valence-electron chi connectivity index (χ1n) is 9.88. The number of nitrogens with one attached hydrogen (secondary N) is 1. The molecule has 1 aromatic heterocycles. The summed E-state index contributed by atoms with van der Waals surface area (Å²) in [7, 11) is 3.17. The van der Waals surface area contributed by atoms with Crippen LogP contribution in [-0.4, -0.2) is 20.1 Å². The number of benzene rings is 2. The van der Waals surface area contributed by atoms with Crippen LogP contribution in [0.3, 0.4) is 0 Å². The minimum atomic E-state index is -0.422. The maximum Gasteiger partial charge on any atom is 0.339 e. The van der Waals surface area contributed by atoms with Crippen LogP contribution in [0.5, 0.6) is 11.5 Å². The molecule has 1 amide bonds. The lowest BCUT2D eigenvalue weighted by Gasteiger charge is -2.18. The number of hydrogen-bond donors (Lipinski definition) is 1. The molecule has 0 spiro atoms. The molecule has 1 unspecified atom stereocenters. The minimum Gasteiger partial charge on any atom is -0.497 e. The summed E-state index contributed by atoms with van der Waals surface area (Å²) in [6, 6.07) is 11.0. The van der Waals surface area contributed by atoms with E-state index in [2.05, 4.69) is 5.32 Å². The second-order valence-corrected chi connectivity index (χ2v) is 7.39. The fourth-order valence-corrected chi connectivity index (χ4v) is 3.61. The molecular weight excluding hydrogens is 382 g/mol. The van der Waals surface area contributed by atoms with Gasteiger partial charge in [-0.2, -0.15) is 0 Å². The summed E-state index contributed by atoms with van der Waals surface area (Å²) >= 11 is 0. The SMILES string of the molecule is COc1ccc2c(C)c(CCC(=O)NC(C)c3cc(C)ccc3OC)c(=O)oc2c1. The van der Waals surface area contributed by atoms with E-state index in [1.165, 1.54) is 0 Å². The third-order valence-corrected chi connectivity index (χ3v) is 5.33. The molecule has 0 saturated heterocycles. The van der Waals surface area contributed by atoms with Crippen LogP contribution in [0.4, 0.5) is 0 Å². The Balaban J connectivity index is 1.74. The van der Waals surface area contributed by atoms with Crippen molar-refractivity contribution < 1.29 is 18.7 Å². The van der Waals surface area contributed by atoms with Gasteiger partial charge in [-0.25, -0.2) is 4.79 Å². The maximum absolute atomic E-state index is 12.6. The number of hydrogen-bond acceptors (Lipinski definition) is 5. The molecule has 3 aromatic rings. The molecule has 0 bridgehead atoms. The number of carbonyl (C=O) groups is 1. The molecule has 0 aliphatic carbocycles. The molecule has 1 N–H and O–H groups in total. The quantitative estimate of drug-likeness (QED) is 0.591. The predicted octanol–water partition coefficient (Wildman–Crippen LogP) is 4.24. The second-order valence-electron chi connectivity index (χ2n) is 7.39. The Labute approximate surface area is 175 Å². The van der Waals surface area contributed by atoms with Crippen LogP contribution in [0.25, 0.3) is 11.0 Å². The topological polar surface area (TPSA) is 77.8 Å². The van der Waals surface area contributed by atoms with E-state index < -0.39 is 5.63 Å². The molecule has 30 heavy (non-hydrogen) atoms. The first-order chi connectivity index (χ1) is 14.3. The summed E-state index contributed by atoms with van der Waals surface area (Å²) < 4.78 is 16.1. The Morgan fingerprint density at radius 2 is 1.87 bits per heavy atom. The zero-order valence-corrected chi connectivity index (χ0v) is 18.0. The Hall–Kier alpha value is -3.28. The van der Waals surface area contributed by atoms with Crippen LogP contribution in [0, 0.1) is 13.8 Å². The van der Waals surface area contributed by atoms with Crippen molar-refractivity contribution in [2.75, 3.05) is 14.2 Å². The summed E-state index contributed by atoms with van der Waals surface area (Å²) in [4.78, 5) is 25.0. The lowest BCUT2D eigenvalue weighted by atomic mass is 10.0. The Bertz CT molecular complexity index is 1130. The molecule has 0 aliphatic heterocycles.